The predicted octanol–water partition coefficient (Wildman–Crippen LogP) is 27.4. The number of anilines is 21. The number of benzene rings is 16. The van der Waals surface area contributed by atoms with E-state index in [1.165, 1.54) is 142 Å². The van der Waals surface area contributed by atoms with E-state index in [0.717, 1.165) is 81.3 Å². The molecule has 126 heavy (non-hydrogen) atoms. The summed E-state index contributed by atoms with van der Waals surface area (Å²) in [6.07, 6.45) is 3.79. The molecule has 16 aromatic rings. The van der Waals surface area contributed by atoms with Crippen molar-refractivity contribution in [2.75, 3.05) is 105 Å². The Morgan fingerprint density at radius 3 is 1.05 bits per heavy atom. The quantitative estimate of drug-likeness (QED) is 0.116. The summed E-state index contributed by atoms with van der Waals surface area (Å²) in [7, 11) is 8.49. The predicted molar refractivity (Wildman–Crippen MR) is 514 cm³/mol. The van der Waals surface area contributed by atoms with Gasteiger partial charge in [-0.1, -0.05) is 201 Å². The number of rotatable bonds is 11. The zero-order valence-corrected chi connectivity index (χ0v) is 78.5. The van der Waals surface area contributed by atoms with Gasteiger partial charge in [0, 0.05) is 157 Å². The minimum Gasteiger partial charge on any atom is -0.504 e. The fourth-order valence-electron chi connectivity index (χ4n) is 18.2. The standard InChI is InChI=1S/C45H30N5.C35H32N5.C29H27N4.3Os/c1-46-37-28-40(49-31-47(42-16-8-10-18-44(42)49)38-24-20-35(21-25-38)33-12-4-2-5-13-33)30-41(29-37)50-32-48(43-17-9-11-19-45(43)50)39-26-22-36(23-27-39)34-14-6-3-7-15-34;1-36-23-39(34-18-27-12-6-4-10-25(27)16-32(34)36)30-20-29(38-14-8-3-9-15-38)21-31(22-30)40-24-37(2)33-17-26-11-5-7-13-28(26)19-35(33)40;1-19-12-23(32-18-31(5)29-25-9-7-6-8-22(25)10-11-26(29)32)16-24(13-19)33-17-30(4)27-14-20(2)21(3)15-28(27)33;;;/h2-29,31-32H;4-7,10-13,16-21,23-24H,3,8-9,14-15H2,1-2H3;6-15,17-18H,1-5H3;;;/q3*-3;;;. The van der Waals surface area contributed by atoms with Crippen molar-refractivity contribution in [3.05, 3.63) is 402 Å². The van der Waals surface area contributed by atoms with E-state index in [4.69, 9.17) is 6.57 Å². The maximum Gasteiger partial charge on any atom is 0.0899 e. The van der Waals surface area contributed by atoms with Crippen molar-refractivity contribution in [2.24, 2.45) is 0 Å². The number of hydrogen-bond donors (Lipinski definition) is 0. The van der Waals surface area contributed by atoms with Crippen LogP contribution < -0.4 is 63.7 Å². The van der Waals surface area contributed by atoms with E-state index in [-0.39, 0.29) is 59.4 Å². The van der Waals surface area contributed by atoms with Crippen LogP contribution in [0.3, 0.4) is 0 Å². The summed E-state index contributed by atoms with van der Waals surface area (Å²) in [4.78, 5) is 33.0. The molecular formula is C109H89N14Os3-9. The van der Waals surface area contributed by atoms with E-state index in [1.807, 2.05) is 36.4 Å². The summed E-state index contributed by atoms with van der Waals surface area (Å²) in [5, 5.41) is 7.53. The first kappa shape index (κ1) is 84.0. The van der Waals surface area contributed by atoms with Gasteiger partial charge >= 0.3 is 0 Å². The number of hydrogen-bond acceptors (Lipinski definition) is 13. The summed E-state index contributed by atoms with van der Waals surface area (Å²) < 4.78 is 0. The Kier molecular flexibility index (Phi) is 23.5. The first-order valence-electron chi connectivity index (χ1n) is 42.1. The zero-order valence-electron chi connectivity index (χ0n) is 70.8. The second-order valence-corrected chi connectivity index (χ2v) is 32.7. The van der Waals surface area contributed by atoms with Gasteiger partial charge in [0.1, 0.15) is 0 Å². The molecule has 0 aromatic heterocycles. The third kappa shape index (κ3) is 15.7. The van der Waals surface area contributed by atoms with Crippen LogP contribution in [0.15, 0.2) is 315 Å². The minimum atomic E-state index is 0. The molecule has 17 heteroatoms. The Morgan fingerprint density at radius 1 is 0.270 bits per heavy atom. The van der Waals surface area contributed by atoms with Gasteiger partial charge in [0.05, 0.1) is 12.3 Å². The smallest absolute Gasteiger partial charge is 0.0899 e. The molecule has 0 atom stereocenters. The van der Waals surface area contributed by atoms with Gasteiger partial charge in [0.15, 0.2) is 0 Å². The van der Waals surface area contributed by atoms with Crippen molar-refractivity contribution in [3.63, 3.8) is 0 Å². The molecule has 1 saturated heterocycles. The molecule has 23 rings (SSSR count). The van der Waals surface area contributed by atoms with Gasteiger partial charge in [-0.05, 0) is 213 Å². The van der Waals surface area contributed by atoms with Crippen LogP contribution >= 0.6 is 0 Å². The molecular weight excluding hydrogens is 2080 g/mol. The molecule has 7 heterocycles. The van der Waals surface area contributed by atoms with Gasteiger partial charge in [0.25, 0.3) is 0 Å². The first-order chi connectivity index (χ1) is 60.3. The second kappa shape index (κ2) is 35.3. The molecule has 0 N–H and O–H groups in total. The SMILES string of the molecule is CN1[CH-]N(c2[c-]c(N3[CH-]N(C)c4cc5ccccc5cc43)cc(N3CCCCC3)c2)c2cc3ccccc3cc21.Cc1cc(N2[CH-]N(C)c3cc(C)c(C)cc32)[c-]c(N2[CH-]N(C)c3c2ccc2ccccc32)c1.[C-]#[N+]c1cc(N2[CH-]N(c3ccc(-c4ccccc4)cc3)c3ccccc32)[c-]c(N2[CH-]N(c3ccc(-c4ccccc4)cc3)c3ccccc32)c1.[Os].[Os].[Os]. The molecule has 7 aliphatic heterocycles. The van der Waals surface area contributed by atoms with Crippen LogP contribution in [0.1, 0.15) is 36.0 Å². The van der Waals surface area contributed by atoms with Gasteiger partial charge in [-0.25, -0.2) is 0 Å². The fourth-order valence-corrected chi connectivity index (χ4v) is 18.2. The van der Waals surface area contributed by atoms with E-state index < -0.39 is 0 Å². The van der Waals surface area contributed by atoms with Crippen LogP contribution in [0, 0.1) is 85.6 Å². The topological polar surface area (TPSA) is 46.5 Å². The molecule has 0 spiro atoms. The molecule has 0 amide bonds. The summed E-state index contributed by atoms with van der Waals surface area (Å²) in [6.45, 7) is 29.6. The van der Waals surface area contributed by atoms with Gasteiger partial charge in [0.2, 0.25) is 0 Å². The Labute approximate surface area is 779 Å². The molecule has 7 aliphatic rings. The number of fused-ring (bicyclic) bond motifs is 10. The maximum atomic E-state index is 8.03. The third-order valence-electron chi connectivity index (χ3n) is 24.7. The number of piperidine rings is 1. The van der Waals surface area contributed by atoms with Gasteiger partial charge in [-0.15, -0.1) is 102 Å². The maximum absolute atomic E-state index is 8.03. The average Bonchev–Trinajstić information content (AvgIpc) is 1.59. The number of nitrogens with zero attached hydrogens (tertiary/aromatic N) is 14. The van der Waals surface area contributed by atoms with Crippen LogP contribution in [0.25, 0.3) is 59.4 Å². The summed E-state index contributed by atoms with van der Waals surface area (Å²) in [5.74, 6) is 0. The average molecular weight is 2170 g/mol. The molecule has 0 aliphatic carbocycles. The fraction of sp³-hybridized carbons (Fsp3) is 0.110. The van der Waals surface area contributed by atoms with Crippen molar-refractivity contribution >= 4 is 157 Å². The largest absolute Gasteiger partial charge is 0.504 e. The molecule has 0 unspecified atom stereocenters. The Bertz CT molecular complexity index is 6520. The van der Waals surface area contributed by atoms with Crippen molar-refractivity contribution in [1.82, 2.24) is 0 Å². The summed E-state index contributed by atoms with van der Waals surface area (Å²) >= 11 is 0. The van der Waals surface area contributed by atoms with E-state index in [2.05, 4.69) is 455 Å². The van der Waals surface area contributed by atoms with Crippen molar-refractivity contribution < 1.29 is 59.4 Å². The monoisotopic (exact) mass is 2170 g/mol. The molecule has 0 bridgehead atoms. The second-order valence-electron chi connectivity index (χ2n) is 32.7. The zero-order chi connectivity index (χ0) is 83.1. The van der Waals surface area contributed by atoms with Gasteiger partial charge < -0.3 is 63.7 Å². The Balaban J connectivity index is 0.000000129. The van der Waals surface area contributed by atoms with Crippen LogP contribution in [0.4, 0.5) is 125 Å². The van der Waals surface area contributed by atoms with E-state index in [1.54, 1.807) is 0 Å². The molecule has 0 saturated carbocycles. The van der Waals surface area contributed by atoms with Gasteiger partial charge in [-0.3, -0.25) is 4.85 Å². The summed E-state index contributed by atoms with van der Waals surface area (Å²) in [5.41, 5.74) is 32.0. The number of aryl methyl sites for hydroxylation is 3. The van der Waals surface area contributed by atoms with E-state index >= 15 is 0 Å². The van der Waals surface area contributed by atoms with Crippen LogP contribution in [0.5, 0.6) is 0 Å². The molecule has 628 valence electrons. The Morgan fingerprint density at radius 2 is 0.603 bits per heavy atom. The molecule has 14 nitrogen and oxygen atoms in total. The summed E-state index contributed by atoms with van der Waals surface area (Å²) in [6, 6.07) is 123. The van der Waals surface area contributed by atoms with Crippen molar-refractivity contribution in [3.8, 4) is 22.3 Å². The van der Waals surface area contributed by atoms with Gasteiger partial charge in [-0.2, -0.15) is 32.2 Å². The van der Waals surface area contributed by atoms with Crippen LogP contribution in [-0.2, 0) is 59.4 Å². The van der Waals surface area contributed by atoms with Crippen LogP contribution in [-0.4, -0.2) is 41.3 Å². The molecule has 16 aromatic carbocycles. The van der Waals surface area contributed by atoms with Crippen molar-refractivity contribution in [1.29, 1.82) is 0 Å². The number of para-hydroxylation sites is 4. The van der Waals surface area contributed by atoms with Crippen LogP contribution in [0.2, 0.25) is 0 Å². The minimum absolute atomic E-state index is 0. The molecule has 1 fully saturated rings. The van der Waals surface area contributed by atoms with E-state index in [9.17, 15) is 0 Å². The normalized spacial score (nSPS) is 14.5. The molecule has 0 radical (unpaired) electrons. The first-order valence-corrected chi connectivity index (χ1v) is 42.1. The van der Waals surface area contributed by atoms with Crippen molar-refractivity contribution in [2.45, 2.75) is 40.0 Å². The third-order valence-corrected chi connectivity index (χ3v) is 24.7. The Hall–Kier alpha value is -12.9. The van der Waals surface area contributed by atoms with E-state index in [0.29, 0.717) is 5.69 Å².